The van der Waals surface area contributed by atoms with Crippen LogP contribution in [0.1, 0.15) is 0 Å². The zero-order chi connectivity index (χ0) is 17.1. The third-order valence-electron chi connectivity index (χ3n) is 3.24. The lowest BCUT2D eigenvalue weighted by atomic mass is 10.1. The van der Waals surface area contributed by atoms with Crippen LogP contribution in [0.2, 0.25) is 10.0 Å². The molecule has 1 heterocycles. The molecular formula is C17H11Cl3N2OS. The number of carbonyl (C=O) groups is 1. The minimum atomic E-state index is -0.318. The Morgan fingerprint density at radius 1 is 1.00 bits per heavy atom. The van der Waals surface area contributed by atoms with E-state index in [-0.39, 0.29) is 11.8 Å². The molecule has 1 amide bonds. The number of rotatable bonds is 4. The second-order valence-electron chi connectivity index (χ2n) is 4.84. The first-order chi connectivity index (χ1) is 11.6. The molecule has 0 saturated carbocycles. The van der Waals surface area contributed by atoms with E-state index in [1.165, 1.54) is 11.3 Å². The second kappa shape index (κ2) is 7.53. The lowest BCUT2D eigenvalue weighted by Crippen LogP contribution is -2.12. The van der Waals surface area contributed by atoms with Crippen LogP contribution in [-0.4, -0.2) is 16.8 Å². The van der Waals surface area contributed by atoms with Crippen LogP contribution in [0.3, 0.4) is 0 Å². The van der Waals surface area contributed by atoms with Crippen LogP contribution >= 0.6 is 46.1 Å². The van der Waals surface area contributed by atoms with E-state index in [0.29, 0.717) is 20.9 Å². The lowest BCUT2D eigenvalue weighted by Gasteiger charge is -2.06. The minimum absolute atomic E-state index is 0.136. The van der Waals surface area contributed by atoms with Crippen molar-refractivity contribution in [3.8, 4) is 21.7 Å². The Labute approximate surface area is 158 Å². The van der Waals surface area contributed by atoms with E-state index in [9.17, 15) is 4.79 Å². The summed E-state index contributed by atoms with van der Waals surface area (Å²) in [5, 5.41) is 4.31. The summed E-state index contributed by atoms with van der Waals surface area (Å²) in [6.45, 7) is 0. The topological polar surface area (TPSA) is 42.0 Å². The van der Waals surface area contributed by atoms with E-state index in [0.717, 1.165) is 16.0 Å². The van der Waals surface area contributed by atoms with Gasteiger partial charge in [0.05, 0.1) is 15.6 Å². The van der Waals surface area contributed by atoms with Crippen molar-refractivity contribution in [2.45, 2.75) is 0 Å². The maximum atomic E-state index is 11.6. The van der Waals surface area contributed by atoms with Gasteiger partial charge in [-0.05, 0) is 12.1 Å². The summed E-state index contributed by atoms with van der Waals surface area (Å²) in [5.74, 6) is -0.454. The number of hydrogen-bond acceptors (Lipinski definition) is 3. The van der Waals surface area contributed by atoms with Gasteiger partial charge in [0.2, 0.25) is 5.91 Å². The zero-order valence-corrected chi connectivity index (χ0v) is 15.3. The van der Waals surface area contributed by atoms with Gasteiger partial charge < -0.3 is 5.32 Å². The van der Waals surface area contributed by atoms with Gasteiger partial charge in [-0.3, -0.25) is 4.79 Å². The van der Waals surface area contributed by atoms with E-state index < -0.39 is 0 Å². The number of halogens is 3. The molecule has 0 aliphatic rings. The van der Waals surface area contributed by atoms with E-state index >= 15 is 0 Å². The van der Waals surface area contributed by atoms with Crippen molar-refractivity contribution in [1.82, 2.24) is 4.98 Å². The molecule has 1 N–H and O–H groups in total. The van der Waals surface area contributed by atoms with Gasteiger partial charge in [0.1, 0.15) is 5.88 Å². The standard InChI is InChI=1S/C17H11Cl3N2OS/c18-9-14(23)21-17-22-15(10-5-1-3-7-12(10)19)16(24-17)11-6-2-4-8-13(11)20/h1-8H,9H2,(H,21,22,23). The van der Waals surface area contributed by atoms with Gasteiger partial charge in [-0.25, -0.2) is 4.98 Å². The highest BCUT2D eigenvalue weighted by Gasteiger charge is 2.19. The molecule has 122 valence electrons. The number of nitrogens with zero attached hydrogens (tertiary/aromatic N) is 1. The quantitative estimate of drug-likeness (QED) is 0.552. The Balaban J connectivity index is 2.17. The first kappa shape index (κ1) is 17.2. The molecule has 0 fully saturated rings. The molecule has 3 rings (SSSR count). The highest BCUT2D eigenvalue weighted by atomic mass is 35.5. The molecule has 2 aromatic carbocycles. The van der Waals surface area contributed by atoms with Gasteiger partial charge in [0, 0.05) is 16.1 Å². The summed E-state index contributed by atoms with van der Waals surface area (Å²) in [5.41, 5.74) is 2.28. The molecule has 0 saturated heterocycles. The predicted octanol–water partition coefficient (Wildman–Crippen LogP) is 5.96. The third kappa shape index (κ3) is 3.57. The van der Waals surface area contributed by atoms with Crippen molar-refractivity contribution in [3.05, 3.63) is 58.6 Å². The molecule has 0 spiro atoms. The Morgan fingerprint density at radius 3 is 2.17 bits per heavy atom. The molecule has 3 aromatic rings. The number of hydrogen-bond donors (Lipinski definition) is 1. The SMILES string of the molecule is O=C(CCl)Nc1nc(-c2ccccc2Cl)c(-c2ccccc2Cl)s1. The van der Waals surface area contributed by atoms with Crippen molar-refractivity contribution in [1.29, 1.82) is 0 Å². The highest BCUT2D eigenvalue weighted by molar-refractivity contribution is 7.19. The minimum Gasteiger partial charge on any atom is -0.301 e. The zero-order valence-electron chi connectivity index (χ0n) is 12.2. The Hall–Kier alpha value is -1.59. The van der Waals surface area contributed by atoms with Gasteiger partial charge >= 0.3 is 0 Å². The molecule has 0 radical (unpaired) electrons. The van der Waals surface area contributed by atoms with Crippen LogP contribution in [0.4, 0.5) is 5.13 Å². The van der Waals surface area contributed by atoms with Gasteiger partial charge in [-0.1, -0.05) is 70.9 Å². The van der Waals surface area contributed by atoms with Crippen molar-refractivity contribution in [2.24, 2.45) is 0 Å². The third-order valence-corrected chi connectivity index (χ3v) is 5.15. The van der Waals surface area contributed by atoms with Crippen LogP contribution in [0, 0.1) is 0 Å². The van der Waals surface area contributed by atoms with Crippen LogP contribution in [-0.2, 0) is 4.79 Å². The van der Waals surface area contributed by atoms with Crippen LogP contribution in [0.5, 0.6) is 0 Å². The fourth-order valence-corrected chi connectivity index (χ4v) is 3.80. The number of carbonyl (C=O) groups excluding carboxylic acids is 1. The number of nitrogens with one attached hydrogen (secondary N) is 1. The molecular weight excluding hydrogens is 387 g/mol. The van der Waals surface area contributed by atoms with Crippen LogP contribution < -0.4 is 5.32 Å². The molecule has 0 unspecified atom stereocenters. The summed E-state index contributed by atoms with van der Waals surface area (Å²) >= 11 is 19.5. The highest BCUT2D eigenvalue weighted by Crippen LogP contribution is 2.43. The summed E-state index contributed by atoms with van der Waals surface area (Å²) < 4.78 is 0. The molecule has 3 nitrogen and oxygen atoms in total. The second-order valence-corrected chi connectivity index (χ2v) is 6.92. The number of alkyl halides is 1. The first-order valence-electron chi connectivity index (χ1n) is 6.96. The molecule has 0 aliphatic heterocycles. The number of aromatic nitrogens is 1. The number of thiazole rings is 1. The first-order valence-corrected chi connectivity index (χ1v) is 9.07. The average molecular weight is 398 g/mol. The van der Waals surface area contributed by atoms with E-state index in [1.807, 2.05) is 42.5 Å². The van der Waals surface area contributed by atoms with Crippen LogP contribution in [0.25, 0.3) is 21.7 Å². The van der Waals surface area contributed by atoms with Gasteiger partial charge in [0.25, 0.3) is 0 Å². The summed E-state index contributed by atoms with van der Waals surface area (Å²) in [6, 6.07) is 14.9. The number of amides is 1. The number of anilines is 1. The Kier molecular flexibility index (Phi) is 5.41. The molecule has 0 aliphatic carbocycles. The van der Waals surface area contributed by atoms with Crippen LogP contribution in [0.15, 0.2) is 48.5 Å². The smallest absolute Gasteiger partial charge is 0.241 e. The monoisotopic (exact) mass is 396 g/mol. The Morgan fingerprint density at radius 2 is 1.58 bits per heavy atom. The lowest BCUT2D eigenvalue weighted by molar-refractivity contribution is -0.113. The summed E-state index contributed by atoms with van der Waals surface area (Å²) in [4.78, 5) is 16.9. The molecule has 24 heavy (non-hydrogen) atoms. The molecule has 0 bridgehead atoms. The summed E-state index contributed by atoms with van der Waals surface area (Å²) in [6.07, 6.45) is 0. The Bertz CT molecular complexity index is 832. The fourth-order valence-electron chi connectivity index (χ4n) is 2.19. The van der Waals surface area contributed by atoms with Crippen molar-refractivity contribution in [2.75, 3.05) is 11.2 Å². The average Bonchev–Trinajstić information content (AvgIpc) is 2.98. The molecule has 0 atom stereocenters. The molecule has 1 aromatic heterocycles. The van der Waals surface area contributed by atoms with E-state index in [2.05, 4.69) is 10.3 Å². The van der Waals surface area contributed by atoms with Crippen molar-refractivity contribution in [3.63, 3.8) is 0 Å². The largest absolute Gasteiger partial charge is 0.301 e. The van der Waals surface area contributed by atoms with E-state index in [4.69, 9.17) is 34.8 Å². The maximum Gasteiger partial charge on any atom is 0.241 e. The van der Waals surface area contributed by atoms with E-state index in [1.54, 1.807) is 6.07 Å². The normalized spacial score (nSPS) is 10.6. The van der Waals surface area contributed by atoms with Gasteiger partial charge in [0.15, 0.2) is 5.13 Å². The maximum absolute atomic E-state index is 11.6. The molecule has 7 heteroatoms. The number of benzene rings is 2. The van der Waals surface area contributed by atoms with Gasteiger partial charge in [-0.2, -0.15) is 0 Å². The van der Waals surface area contributed by atoms with Crippen molar-refractivity contribution < 1.29 is 4.79 Å². The fraction of sp³-hybridized carbons (Fsp3) is 0.0588. The van der Waals surface area contributed by atoms with Crippen molar-refractivity contribution >= 4 is 57.2 Å². The summed E-state index contributed by atoms with van der Waals surface area (Å²) in [7, 11) is 0. The predicted molar refractivity (Wildman–Crippen MR) is 102 cm³/mol. The van der Waals surface area contributed by atoms with Gasteiger partial charge in [-0.15, -0.1) is 11.6 Å².